The second kappa shape index (κ2) is 38.5. The highest BCUT2D eigenvalue weighted by Gasteiger charge is 2.27. The zero-order valence-electron chi connectivity index (χ0n) is 40.6. The predicted octanol–water partition coefficient (Wildman–Crippen LogP) is 2.97. The number of allylic oxidation sites excluding steroid dienone is 4. The van der Waals surface area contributed by atoms with Crippen LogP contribution in [-0.4, -0.2) is 147 Å². The van der Waals surface area contributed by atoms with Gasteiger partial charge in [-0.05, 0) is 67.2 Å². The average molecular weight is 1030 g/mol. The molecular formula is C43H74N4O20P2. The van der Waals surface area contributed by atoms with E-state index in [1.54, 1.807) is 13.8 Å². The zero-order chi connectivity index (χ0) is 52.1. The van der Waals surface area contributed by atoms with Gasteiger partial charge >= 0.3 is 27.6 Å². The summed E-state index contributed by atoms with van der Waals surface area (Å²) in [5, 5.41) is 9.56. The Balaban J connectivity index is 4.72. The van der Waals surface area contributed by atoms with Crippen LogP contribution in [0.25, 0.3) is 0 Å². The van der Waals surface area contributed by atoms with Crippen LogP contribution in [-0.2, 0) is 84.5 Å². The molecule has 0 saturated heterocycles. The number of nitrogens with one attached hydrogen (secondary N) is 4. The lowest BCUT2D eigenvalue weighted by atomic mass is 10.2. The van der Waals surface area contributed by atoms with Crippen LogP contribution in [0.5, 0.6) is 0 Å². The third kappa shape index (κ3) is 40.2. The number of ketones is 2. The van der Waals surface area contributed by atoms with Crippen LogP contribution in [0.1, 0.15) is 112 Å². The number of carbonyl (C=O) groups excluding carboxylic acids is 8. The first-order valence-electron chi connectivity index (χ1n) is 22.7. The molecule has 4 amide bonds. The zero-order valence-corrected chi connectivity index (χ0v) is 42.4. The number of unbranched alkanes of at least 4 members (excludes halogenated alkanes) is 2. The van der Waals surface area contributed by atoms with Crippen molar-refractivity contribution in [2.24, 2.45) is 0 Å². The summed E-state index contributed by atoms with van der Waals surface area (Å²) < 4.78 is 66.5. The summed E-state index contributed by atoms with van der Waals surface area (Å²) in [6, 6.07) is -1.98. The topological polar surface area (TPSA) is 333 Å². The minimum atomic E-state index is -4.75. The highest BCUT2D eigenvalue weighted by atomic mass is 31.2. The van der Waals surface area contributed by atoms with Crippen molar-refractivity contribution >= 4 is 62.8 Å². The summed E-state index contributed by atoms with van der Waals surface area (Å²) in [4.78, 5) is 116. The number of hydrogen-bond donors (Lipinski definition) is 6. The van der Waals surface area contributed by atoms with Gasteiger partial charge in [-0.3, -0.25) is 56.5 Å². The minimum absolute atomic E-state index is 0.0964. The van der Waals surface area contributed by atoms with Gasteiger partial charge in [0, 0.05) is 38.8 Å². The highest BCUT2D eigenvalue weighted by Crippen LogP contribution is 2.43. The van der Waals surface area contributed by atoms with Crippen molar-refractivity contribution in [3.63, 3.8) is 0 Å². The molecule has 69 heavy (non-hydrogen) atoms. The summed E-state index contributed by atoms with van der Waals surface area (Å²) in [5.41, 5.74) is 0. The number of rotatable bonds is 42. The van der Waals surface area contributed by atoms with E-state index in [0.717, 1.165) is 12.8 Å². The van der Waals surface area contributed by atoms with E-state index < -0.39 is 121 Å². The van der Waals surface area contributed by atoms with E-state index in [1.807, 2.05) is 38.2 Å². The van der Waals surface area contributed by atoms with E-state index in [-0.39, 0.29) is 64.3 Å². The lowest BCUT2D eigenvalue weighted by molar-refractivity contribution is -0.150. The van der Waals surface area contributed by atoms with Crippen LogP contribution in [0.3, 0.4) is 0 Å². The molecule has 0 aromatic rings. The lowest BCUT2D eigenvalue weighted by Crippen LogP contribution is -2.42. The van der Waals surface area contributed by atoms with Gasteiger partial charge in [-0.15, -0.1) is 0 Å². The molecule has 6 N–H and O–H groups in total. The molecule has 0 aliphatic heterocycles. The predicted molar refractivity (Wildman–Crippen MR) is 248 cm³/mol. The van der Waals surface area contributed by atoms with E-state index in [4.69, 9.17) is 37.0 Å². The minimum Gasteiger partial charge on any atom is -0.463 e. The number of esters is 2. The smallest absolute Gasteiger partial charge is 0.463 e. The molecule has 0 aliphatic carbocycles. The van der Waals surface area contributed by atoms with Gasteiger partial charge in [-0.1, -0.05) is 24.3 Å². The largest absolute Gasteiger partial charge is 0.472 e. The van der Waals surface area contributed by atoms with Crippen LogP contribution in [0.2, 0.25) is 0 Å². The number of Topliss-reactive ketones (excluding diaryl/α,β-unsaturated/α-hetero) is 2. The van der Waals surface area contributed by atoms with Gasteiger partial charge in [0.2, 0.25) is 23.6 Å². The first kappa shape index (κ1) is 64.8. The van der Waals surface area contributed by atoms with Crippen LogP contribution < -0.4 is 21.3 Å². The molecule has 2 unspecified atom stereocenters. The molecule has 0 aromatic heterocycles. The Hall–Kier alpha value is -4.22. The van der Waals surface area contributed by atoms with Crippen LogP contribution in [0.4, 0.5) is 0 Å². The van der Waals surface area contributed by atoms with Gasteiger partial charge in [0.1, 0.15) is 30.2 Å². The fraction of sp³-hybridized carbons (Fsp3) is 0.721. The Morgan fingerprint density at radius 1 is 0.536 bits per heavy atom. The van der Waals surface area contributed by atoms with Gasteiger partial charge in [0.05, 0.1) is 77.8 Å². The number of phosphoric ester groups is 2. The van der Waals surface area contributed by atoms with E-state index in [0.29, 0.717) is 25.7 Å². The Bertz CT molecular complexity index is 1630. The summed E-state index contributed by atoms with van der Waals surface area (Å²) in [7, 11) is -9.50. The third-order valence-electron chi connectivity index (χ3n) is 8.72. The third-order valence-corrected chi connectivity index (χ3v) is 10.7. The Kier molecular flexibility index (Phi) is 36.2. The Morgan fingerprint density at radius 2 is 0.913 bits per heavy atom. The van der Waals surface area contributed by atoms with Crippen molar-refractivity contribution in [1.29, 1.82) is 0 Å². The first-order valence-corrected chi connectivity index (χ1v) is 25.7. The van der Waals surface area contributed by atoms with Crippen molar-refractivity contribution in [3.8, 4) is 0 Å². The molecule has 396 valence electrons. The molecule has 0 heterocycles. The number of ether oxygens (including phenoxy) is 4. The van der Waals surface area contributed by atoms with Crippen molar-refractivity contribution in [3.05, 3.63) is 24.3 Å². The Morgan fingerprint density at radius 3 is 1.26 bits per heavy atom. The Labute approximate surface area is 404 Å². The van der Waals surface area contributed by atoms with Crippen LogP contribution in [0.15, 0.2) is 24.3 Å². The van der Waals surface area contributed by atoms with E-state index in [1.165, 1.54) is 13.8 Å². The van der Waals surface area contributed by atoms with Gasteiger partial charge in [-0.25, -0.2) is 9.13 Å². The number of carbonyl (C=O) groups is 8. The van der Waals surface area contributed by atoms with Crippen LogP contribution in [0, 0.1) is 0 Å². The van der Waals surface area contributed by atoms with E-state index in [9.17, 15) is 57.3 Å². The molecule has 0 aliphatic rings. The maximum Gasteiger partial charge on any atom is 0.472 e. The van der Waals surface area contributed by atoms with Crippen LogP contribution >= 0.6 is 15.6 Å². The molecule has 0 bridgehead atoms. The second-order valence-corrected chi connectivity index (χ2v) is 18.5. The standard InChI is InChI=1S/C43H74N4O20P2/c1-7-9-11-13-15-42(54)66-34(5)17-21-60-28-36(46-40(52)25-32(3)48)30-64-68(56,57)62-23-19-44-38(50)27-39(51)45-20-24-63-69(58,59)65-31-37(47-41(53)26-33(4)49)29-61-22-18-35(6)67-43(55)16-14-12-10-8-2/h7-10,34-37H,11-31H2,1-6H3,(H,44,50)(H,45,51)(H,46,52)(H,47,53)(H,56,57)(H,58,59)/b9-7-,10-8-/t34-,35-,36-,37-/m1/s1. The number of phosphoric acid groups is 2. The van der Waals surface area contributed by atoms with Crippen molar-refractivity contribution < 1.29 is 94.3 Å². The quantitative estimate of drug-likeness (QED) is 0.0168. The number of amides is 4. The molecule has 0 radical (unpaired) electrons. The molecule has 24 nitrogen and oxygen atoms in total. The molecule has 0 fully saturated rings. The average Bonchev–Trinajstić information content (AvgIpc) is 3.24. The lowest BCUT2D eigenvalue weighted by Gasteiger charge is -2.21. The molecule has 6 atom stereocenters. The van der Waals surface area contributed by atoms with E-state index in [2.05, 4.69) is 21.3 Å². The second-order valence-electron chi connectivity index (χ2n) is 15.6. The number of hydrogen-bond acceptors (Lipinski definition) is 18. The molecular weight excluding hydrogens is 954 g/mol. The van der Waals surface area contributed by atoms with Crippen molar-refractivity contribution in [1.82, 2.24) is 21.3 Å². The van der Waals surface area contributed by atoms with Crippen molar-refractivity contribution in [2.75, 3.05) is 65.9 Å². The van der Waals surface area contributed by atoms with E-state index >= 15 is 0 Å². The molecule has 26 heteroatoms. The van der Waals surface area contributed by atoms with Gasteiger partial charge in [-0.2, -0.15) is 0 Å². The molecule has 0 spiro atoms. The molecule has 0 rings (SSSR count). The summed E-state index contributed by atoms with van der Waals surface area (Å²) >= 11 is 0. The fourth-order valence-corrected chi connectivity index (χ4v) is 6.91. The molecule has 0 aromatic carbocycles. The van der Waals surface area contributed by atoms with Gasteiger partial charge in [0.25, 0.3) is 0 Å². The first-order chi connectivity index (χ1) is 32.6. The SMILES string of the molecule is C/C=C\CCCC(=O)O[C@H](C)CCOC[C@H](COP(=O)(O)OCCNC(=O)CC(=O)NCCOP(=O)(O)OC[C@@H](COCC[C@@H](C)OC(=O)CCC/C=C\C)NC(=O)CC(C)=O)NC(=O)CC(C)=O. The maximum absolute atomic E-state index is 12.5. The maximum atomic E-state index is 12.5. The molecule has 0 saturated carbocycles. The fourth-order valence-electron chi connectivity index (χ4n) is 5.39. The van der Waals surface area contributed by atoms with Gasteiger partial charge in [0.15, 0.2) is 0 Å². The summed E-state index contributed by atoms with van der Waals surface area (Å²) in [6.07, 6.45) is 9.13. The monoisotopic (exact) mass is 1030 g/mol. The highest BCUT2D eigenvalue weighted by molar-refractivity contribution is 7.47. The summed E-state index contributed by atoms with van der Waals surface area (Å²) in [6.45, 7) is 6.50. The van der Waals surface area contributed by atoms with Gasteiger partial charge < -0.3 is 50.0 Å². The summed E-state index contributed by atoms with van der Waals surface area (Å²) in [5.74, 6) is -4.53. The van der Waals surface area contributed by atoms with Crippen molar-refractivity contribution in [2.45, 2.75) is 136 Å². The normalized spacial score (nSPS) is 15.0.